The van der Waals surface area contributed by atoms with Crippen LogP contribution in [-0.4, -0.2) is 36.4 Å². The van der Waals surface area contributed by atoms with Crippen LogP contribution >= 0.6 is 11.3 Å². The number of carbonyl (C=O) groups excluding carboxylic acids is 1. The Kier molecular flexibility index (Phi) is 6.78. The molecule has 2 aromatic rings. The third-order valence-corrected chi connectivity index (χ3v) is 4.88. The van der Waals surface area contributed by atoms with Crippen molar-refractivity contribution in [1.29, 1.82) is 0 Å². The maximum atomic E-state index is 12.1. The number of aromatic nitrogens is 2. The molecule has 0 bridgehead atoms. The zero-order chi connectivity index (χ0) is 19.1. The van der Waals surface area contributed by atoms with E-state index in [0.717, 1.165) is 36.4 Å². The molecule has 1 unspecified atom stereocenters. The number of amides is 1. The topological polar surface area (TPSA) is 82.6 Å². The molecule has 1 amide bonds. The standard InChI is InChI=1S/C19H23N3O4S/c1-3-10-25-14-8-6-13(12-16(14)24-2)7-9-17(23)20-19-22-21-18(27-19)15-5-4-11-26-15/h6-9,12,15H,3-5,10-11H2,1-2H3,(H,20,22,23). The minimum absolute atomic E-state index is 0.00426. The summed E-state index contributed by atoms with van der Waals surface area (Å²) in [5.74, 6) is 1.06. The van der Waals surface area contributed by atoms with E-state index in [1.54, 1.807) is 13.2 Å². The van der Waals surface area contributed by atoms with E-state index in [0.29, 0.717) is 23.2 Å². The van der Waals surface area contributed by atoms with Gasteiger partial charge in [-0.15, -0.1) is 10.2 Å². The van der Waals surface area contributed by atoms with Crippen LogP contribution in [0.5, 0.6) is 11.5 Å². The van der Waals surface area contributed by atoms with Gasteiger partial charge >= 0.3 is 0 Å². The first-order valence-electron chi connectivity index (χ1n) is 8.94. The van der Waals surface area contributed by atoms with Crippen molar-refractivity contribution in [3.63, 3.8) is 0 Å². The predicted octanol–water partition coefficient (Wildman–Crippen LogP) is 3.84. The molecule has 7 nitrogen and oxygen atoms in total. The summed E-state index contributed by atoms with van der Waals surface area (Å²) >= 11 is 1.35. The van der Waals surface area contributed by atoms with Gasteiger partial charge in [0.05, 0.1) is 13.7 Å². The lowest BCUT2D eigenvalue weighted by atomic mass is 10.2. The fourth-order valence-corrected chi connectivity index (χ4v) is 3.46. The number of ether oxygens (including phenoxy) is 3. The first-order valence-corrected chi connectivity index (χ1v) is 9.76. The lowest BCUT2D eigenvalue weighted by Crippen LogP contribution is -2.07. The third-order valence-electron chi connectivity index (χ3n) is 3.95. The number of carbonyl (C=O) groups is 1. The van der Waals surface area contributed by atoms with Gasteiger partial charge < -0.3 is 14.2 Å². The molecule has 0 saturated carbocycles. The van der Waals surface area contributed by atoms with E-state index in [-0.39, 0.29) is 12.0 Å². The zero-order valence-electron chi connectivity index (χ0n) is 15.4. The van der Waals surface area contributed by atoms with Gasteiger partial charge in [-0.3, -0.25) is 10.1 Å². The Hall–Kier alpha value is -2.45. The van der Waals surface area contributed by atoms with Crippen LogP contribution in [0.15, 0.2) is 24.3 Å². The van der Waals surface area contributed by atoms with Crippen molar-refractivity contribution in [2.24, 2.45) is 0 Å². The van der Waals surface area contributed by atoms with Crippen LogP contribution in [0.4, 0.5) is 5.13 Å². The lowest BCUT2D eigenvalue weighted by molar-refractivity contribution is -0.111. The van der Waals surface area contributed by atoms with Gasteiger partial charge in [0.2, 0.25) is 11.0 Å². The van der Waals surface area contributed by atoms with Crippen molar-refractivity contribution >= 4 is 28.5 Å². The Bertz CT molecular complexity index is 800. The van der Waals surface area contributed by atoms with Crippen molar-refractivity contribution in [1.82, 2.24) is 10.2 Å². The highest BCUT2D eigenvalue weighted by atomic mass is 32.1. The normalized spacial score (nSPS) is 16.6. The third kappa shape index (κ3) is 5.27. The summed E-state index contributed by atoms with van der Waals surface area (Å²) in [5, 5.41) is 12.1. The van der Waals surface area contributed by atoms with E-state index in [4.69, 9.17) is 14.2 Å². The molecule has 144 valence electrons. The number of methoxy groups -OCH3 is 1. The number of benzene rings is 1. The molecule has 0 aliphatic carbocycles. The number of nitrogens with zero attached hydrogens (tertiary/aromatic N) is 2. The molecule has 0 radical (unpaired) electrons. The van der Waals surface area contributed by atoms with Crippen LogP contribution in [0.2, 0.25) is 0 Å². The second-order valence-corrected chi connectivity index (χ2v) is 7.04. The monoisotopic (exact) mass is 389 g/mol. The minimum Gasteiger partial charge on any atom is -0.493 e. The van der Waals surface area contributed by atoms with Crippen LogP contribution in [0.25, 0.3) is 6.08 Å². The molecule has 2 heterocycles. The van der Waals surface area contributed by atoms with Crippen molar-refractivity contribution in [2.75, 3.05) is 25.6 Å². The van der Waals surface area contributed by atoms with Crippen molar-refractivity contribution < 1.29 is 19.0 Å². The Labute approximate surface area is 162 Å². The Balaban J connectivity index is 1.59. The average molecular weight is 389 g/mol. The molecule has 1 N–H and O–H groups in total. The molecule has 1 aromatic carbocycles. The molecule has 1 aliphatic rings. The lowest BCUT2D eigenvalue weighted by Gasteiger charge is -2.10. The molecule has 0 spiro atoms. The summed E-state index contributed by atoms with van der Waals surface area (Å²) in [7, 11) is 1.59. The number of hydrogen-bond donors (Lipinski definition) is 1. The Morgan fingerprint density at radius 1 is 1.41 bits per heavy atom. The SMILES string of the molecule is CCCOc1ccc(C=CC(=O)Nc2nnc(C3CCCO3)s2)cc1OC. The van der Waals surface area contributed by atoms with Crippen molar-refractivity contribution in [3.8, 4) is 11.5 Å². The highest BCUT2D eigenvalue weighted by Crippen LogP contribution is 2.32. The number of rotatable bonds is 8. The molecule has 1 atom stereocenters. The summed E-state index contributed by atoms with van der Waals surface area (Å²) in [4.78, 5) is 12.1. The van der Waals surface area contributed by atoms with Crippen molar-refractivity contribution in [2.45, 2.75) is 32.3 Å². The van der Waals surface area contributed by atoms with E-state index in [1.165, 1.54) is 17.4 Å². The van der Waals surface area contributed by atoms with Gasteiger partial charge in [-0.2, -0.15) is 0 Å². The Morgan fingerprint density at radius 3 is 3.04 bits per heavy atom. The molecule has 27 heavy (non-hydrogen) atoms. The largest absolute Gasteiger partial charge is 0.493 e. The fraction of sp³-hybridized carbons (Fsp3) is 0.421. The molecule has 1 saturated heterocycles. The summed E-state index contributed by atoms with van der Waals surface area (Å²) < 4.78 is 16.6. The first kappa shape index (κ1) is 19.3. The summed E-state index contributed by atoms with van der Waals surface area (Å²) in [6.45, 7) is 3.42. The molecule has 1 fully saturated rings. The van der Waals surface area contributed by atoms with Crippen LogP contribution < -0.4 is 14.8 Å². The molecular formula is C19H23N3O4S. The summed E-state index contributed by atoms with van der Waals surface area (Å²) in [6.07, 6.45) is 6.07. The van der Waals surface area contributed by atoms with Gasteiger partial charge in [-0.1, -0.05) is 24.3 Å². The van der Waals surface area contributed by atoms with E-state index < -0.39 is 0 Å². The van der Waals surface area contributed by atoms with Gasteiger partial charge in [0, 0.05) is 12.7 Å². The maximum Gasteiger partial charge on any atom is 0.250 e. The second kappa shape index (κ2) is 9.48. The van der Waals surface area contributed by atoms with Gasteiger partial charge in [0.15, 0.2) is 11.5 Å². The van der Waals surface area contributed by atoms with Crippen LogP contribution in [0.3, 0.4) is 0 Å². The quantitative estimate of drug-likeness (QED) is 0.691. The number of nitrogens with one attached hydrogen (secondary N) is 1. The highest BCUT2D eigenvalue weighted by molar-refractivity contribution is 7.15. The van der Waals surface area contributed by atoms with Crippen LogP contribution in [-0.2, 0) is 9.53 Å². The van der Waals surface area contributed by atoms with Gasteiger partial charge in [0.25, 0.3) is 0 Å². The zero-order valence-corrected chi connectivity index (χ0v) is 16.3. The first-order chi connectivity index (χ1) is 13.2. The predicted molar refractivity (Wildman–Crippen MR) is 104 cm³/mol. The highest BCUT2D eigenvalue weighted by Gasteiger charge is 2.22. The van der Waals surface area contributed by atoms with Gasteiger partial charge in [-0.05, 0) is 43.0 Å². The molecule has 8 heteroatoms. The number of anilines is 1. The summed E-state index contributed by atoms with van der Waals surface area (Å²) in [6, 6.07) is 5.54. The molecular weight excluding hydrogens is 366 g/mol. The molecule has 3 rings (SSSR count). The minimum atomic E-state index is -0.268. The van der Waals surface area contributed by atoms with Gasteiger partial charge in [0.1, 0.15) is 11.1 Å². The van der Waals surface area contributed by atoms with Crippen molar-refractivity contribution in [3.05, 3.63) is 34.8 Å². The van der Waals surface area contributed by atoms with Crippen LogP contribution in [0, 0.1) is 0 Å². The number of hydrogen-bond acceptors (Lipinski definition) is 7. The smallest absolute Gasteiger partial charge is 0.250 e. The fourth-order valence-electron chi connectivity index (χ4n) is 2.63. The maximum absolute atomic E-state index is 12.1. The van der Waals surface area contributed by atoms with E-state index in [1.807, 2.05) is 25.1 Å². The molecule has 1 aromatic heterocycles. The second-order valence-electron chi connectivity index (χ2n) is 6.03. The summed E-state index contributed by atoms with van der Waals surface area (Å²) in [5.41, 5.74) is 0.836. The van der Waals surface area contributed by atoms with Crippen LogP contribution in [0.1, 0.15) is 42.9 Å². The van der Waals surface area contributed by atoms with E-state index in [2.05, 4.69) is 15.5 Å². The Morgan fingerprint density at radius 2 is 2.30 bits per heavy atom. The van der Waals surface area contributed by atoms with E-state index in [9.17, 15) is 4.79 Å². The average Bonchev–Trinajstić information content (AvgIpc) is 3.36. The van der Waals surface area contributed by atoms with E-state index >= 15 is 0 Å². The van der Waals surface area contributed by atoms with Gasteiger partial charge in [-0.25, -0.2) is 0 Å². The molecule has 1 aliphatic heterocycles.